The molecule has 0 bridgehead atoms. The topological polar surface area (TPSA) is 36.9 Å². The molecule has 1 fully saturated rings. The first kappa shape index (κ1) is 26.6. The number of ether oxygens (including phenoxy) is 4. The van der Waals surface area contributed by atoms with Gasteiger partial charge in [-0.2, -0.15) is 0 Å². The second kappa shape index (κ2) is 12.6. The van der Waals surface area contributed by atoms with E-state index in [1.807, 2.05) is 36.4 Å². The molecule has 3 aromatic rings. The number of methoxy groups -OCH3 is 1. The first-order valence-electron chi connectivity index (χ1n) is 13.0. The second-order valence-corrected chi connectivity index (χ2v) is 10.1. The van der Waals surface area contributed by atoms with Crippen LogP contribution in [0.2, 0.25) is 0 Å². The Morgan fingerprint density at radius 2 is 1.44 bits per heavy atom. The van der Waals surface area contributed by atoms with Crippen molar-refractivity contribution in [2.75, 3.05) is 13.7 Å². The van der Waals surface area contributed by atoms with Crippen LogP contribution in [0.1, 0.15) is 47.8 Å². The molecule has 0 aliphatic carbocycles. The zero-order chi connectivity index (χ0) is 25.5. The number of aryl methyl sites for hydroxylation is 2. The maximum Gasteiger partial charge on any atom is 0.115 e. The molecule has 1 aliphatic rings. The van der Waals surface area contributed by atoms with E-state index in [-0.39, 0.29) is 36.3 Å². The smallest absolute Gasteiger partial charge is 0.115 e. The van der Waals surface area contributed by atoms with E-state index in [0.717, 1.165) is 11.1 Å². The molecule has 0 saturated carbocycles. The van der Waals surface area contributed by atoms with Gasteiger partial charge in [0.25, 0.3) is 0 Å². The zero-order valence-electron chi connectivity index (χ0n) is 22.2. The van der Waals surface area contributed by atoms with Crippen molar-refractivity contribution in [1.29, 1.82) is 0 Å². The van der Waals surface area contributed by atoms with Crippen LogP contribution in [0.25, 0.3) is 0 Å². The summed E-state index contributed by atoms with van der Waals surface area (Å²) in [5.41, 5.74) is 5.91. The van der Waals surface area contributed by atoms with E-state index in [1.54, 1.807) is 7.11 Å². The van der Waals surface area contributed by atoms with E-state index in [9.17, 15) is 0 Å². The van der Waals surface area contributed by atoms with Crippen LogP contribution in [0.3, 0.4) is 0 Å². The molecule has 0 radical (unpaired) electrons. The highest BCUT2D eigenvalue weighted by Gasteiger charge is 2.46. The van der Waals surface area contributed by atoms with Crippen molar-refractivity contribution in [1.82, 2.24) is 0 Å². The van der Waals surface area contributed by atoms with Crippen molar-refractivity contribution in [3.8, 4) is 0 Å². The molecule has 1 saturated heterocycles. The molecular weight excluding hydrogens is 448 g/mol. The van der Waals surface area contributed by atoms with E-state index in [4.69, 9.17) is 18.9 Å². The fourth-order valence-electron chi connectivity index (χ4n) is 5.24. The van der Waals surface area contributed by atoms with Gasteiger partial charge in [0, 0.05) is 7.11 Å². The molecule has 0 aromatic heterocycles. The van der Waals surface area contributed by atoms with Crippen LogP contribution in [-0.4, -0.2) is 32.0 Å². The van der Waals surface area contributed by atoms with Gasteiger partial charge >= 0.3 is 0 Å². The minimum atomic E-state index is -0.253. The van der Waals surface area contributed by atoms with Gasteiger partial charge in [-0.05, 0) is 47.9 Å². The van der Waals surface area contributed by atoms with Gasteiger partial charge in [-0.25, -0.2) is 0 Å². The highest BCUT2D eigenvalue weighted by atomic mass is 16.6. The van der Waals surface area contributed by atoms with Crippen LogP contribution in [0.5, 0.6) is 0 Å². The van der Waals surface area contributed by atoms with Crippen molar-refractivity contribution in [3.63, 3.8) is 0 Å². The van der Waals surface area contributed by atoms with Gasteiger partial charge < -0.3 is 18.9 Å². The number of benzene rings is 3. The molecule has 4 rings (SSSR count). The largest absolute Gasteiger partial charge is 0.374 e. The van der Waals surface area contributed by atoms with Gasteiger partial charge in [0.15, 0.2) is 0 Å². The Balaban J connectivity index is 1.55. The minimum Gasteiger partial charge on any atom is -0.374 e. The minimum absolute atomic E-state index is 0.0475. The fourth-order valence-corrected chi connectivity index (χ4v) is 5.24. The Morgan fingerprint density at radius 3 is 2.06 bits per heavy atom. The summed E-state index contributed by atoms with van der Waals surface area (Å²) in [5.74, 6) is 0.538. The van der Waals surface area contributed by atoms with Crippen LogP contribution in [0.15, 0.2) is 78.9 Å². The average molecular weight is 489 g/mol. The third kappa shape index (κ3) is 6.43. The quantitative estimate of drug-likeness (QED) is 0.313. The van der Waals surface area contributed by atoms with Crippen molar-refractivity contribution in [3.05, 3.63) is 107 Å². The van der Waals surface area contributed by atoms with Crippen LogP contribution in [0, 0.1) is 25.7 Å². The van der Waals surface area contributed by atoms with Crippen molar-refractivity contribution in [2.45, 2.75) is 65.3 Å². The van der Waals surface area contributed by atoms with Gasteiger partial charge in [0.2, 0.25) is 0 Å². The van der Waals surface area contributed by atoms with Crippen molar-refractivity contribution >= 4 is 0 Å². The van der Waals surface area contributed by atoms with E-state index >= 15 is 0 Å². The lowest BCUT2D eigenvalue weighted by Crippen LogP contribution is -2.54. The summed E-state index contributed by atoms with van der Waals surface area (Å²) in [6.07, 6.45) is -0.653. The standard InChI is InChI=1S/C32H40O4/c1-22-16-17-28(23(2)18-22)31(33-5)32-30(35-20-27-14-10-7-11-15-27)25(4)24(3)29(36-32)21-34-19-26-12-8-6-9-13-26/h6-18,24-25,29-32H,19-21H2,1-5H3/t24?,25?,29?,30?,31-,32?/m1/s1. The van der Waals surface area contributed by atoms with Crippen LogP contribution in [-0.2, 0) is 32.2 Å². The predicted molar refractivity (Wildman–Crippen MR) is 144 cm³/mol. The molecule has 3 aromatic carbocycles. The van der Waals surface area contributed by atoms with Crippen LogP contribution in [0.4, 0.5) is 0 Å². The van der Waals surface area contributed by atoms with Crippen molar-refractivity contribution < 1.29 is 18.9 Å². The normalized spacial score (nSPS) is 25.0. The molecule has 192 valence electrons. The molecule has 0 N–H and O–H groups in total. The van der Waals surface area contributed by atoms with Gasteiger partial charge in [0.1, 0.15) is 12.2 Å². The zero-order valence-corrected chi connectivity index (χ0v) is 22.2. The van der Waals surface area contributed by atoms with Crippen LogP contribution < -0.4 is 0 Å². The Kier molecular flexibility index (Phi) is 9.33. The number of rotatable bonds is 10. The van der Waals surface area contributed by atoms with E-state index in [0.29, 0.717) is 19.8 Å². The molecule has 0 amide bonds. The summed E-state index contributed by atoms with van der Waals surface area (Å²) in [6, 6.07) is 27.1. The highest BCUT2D eigenvalue weighted by molar-refractivity contribution is 5.33. The van der Waals surface area contributed by atoms with Crippen LogP contribution >= 0.6 is 0 Å². The maximum absolute atomic E-state index is 6.83. The molecule has 36 heavy (non-hydrogen) atoms. The third-order valence-corrected chi connectivity index (χ3v) is 7.55. The maximum atomic E-state index is 6.83. The lowest BCUT2D eigenvalue weighted by Gasteiger charge is -2.47. The van der Waals surface area contributed by atoms with Gasteiger partial charge in [-0.15, -0.1) is 0 Å². The molecule has 1 heterocycles. The predicted octanol–water partition coefficient (Wildman–Crippen LogP) is 6.83. The third-order valence-electron chi connectivity index (χ3n) is 7.55. The SMILES string of the molecule is CO[C@H](c1ccc(C)cc1C)C1OC(COCc2ccccc2)C(C)C(C)C1OCc1ccccc1. The second-order valence-electron chi connectivity index (χ2n) is 10.1. The Labute approximate surface area is 216 Å². The molecular formula is C32H40O4. The number of hydrogen-bond acceptors (Lipinski definition) is 4. The number of hydrogen-bond donors (Lipinski definition) is 0. The summed E-state index contributed by atoms with van der Waals surface area (Å²) in [7, 11) is 1.77. The van der Waals surface area contributed by atoms with E-state index < -0.39 is 0 Å². The Hall–Kier alpha value is -2.50. The highest BCUT2D eigenvalue weighted by Crippen LogP contribution is 2.40. The first-order chi connectivity index (χ1) is 17.5. The molecule has 0 spiro atoms. The lowest BCUT2D eigenvalue weighted by molar-refractivity contribution is -0.234. The van der Waals surface area contributed by atoms with Crippen molar-refractivity contribution in [2.24, 2.45) is 11.8 Å². The monoisotopic (exact) mass is 488 g/mol. The van der Waals surface area contributed by atoms with Gasteiger partial charge in [-0.3, -0.25) is 0 Å². The van der Waals surface area contributed by atoms with E-state index in [2.05, 4.69) is 70.2 Å². The molecule has 4 nitrogen and oxygen atoms in total. The average Bonchev–Trinajstić information content (AvgIpc) is 2.89. The summed E-state index contributed by atoms with van der Waals surface area (Å²) in [5, 5.41) is 0. The van der Waals surface area contributed by atoms with Gasteiger partial charge in [0.05, 0.1) is 32.0 Å². The molecule has 5 unspecified atom stereocenters. The molecule has 1 aliphatic heterocycles. The van der Waals surface area contributed by atoms with Gasteiger partial charge in [-0.1, -0.05) is 98.3 Å². The fraction of sp³-hybridized carbons (Fsp3) is 0.438. The first-order valence-corrected chi connectivity index (χ1v) is 13.0. The lowest BCUT2D eigenvalue weighted by atomic mass is 9.78. The summed E-state index contributed by atoms with van der Waals surface area (Å²) in [4.78, 5) is 0. The summed E-state index contributed by atoms with van der Waals surface area (Å²) >= 11 is 0. The summed E-state index contributed by atoms with van der Waals surface area (Å²) in [6.45, 7) is 10.4. The molecule has 6 atom stereocenters. The molecule has 4 heteroatoms. The Bertz CT molecular complexity index is 1070. The summed E-state index contributed by atoms with van der Waals surface area (Å²) < 4.78 is 25.7. The Morgan fingerprint density at radius 1 is 0.806 bits per heavy atom. The van der Waals surface area contributed by atoms with E-state index in [1.165, 1.54) is 16.7 Å².